The lowest BCUT2D eigenvalue weighted by atomic mass is 9.78. The van der Waals surface area contributed by atoms with Crippen LogP contribution in [-0.2, 0) is 6.42 Å². The summed E-state index contributed by atoms with van der Waals surface area (Å²) >= 11 is 5.90. The van der Waals surface area contributed by atoms with Crippen molar-refractivity contribution in [2.24, 2.45) is 5.41 Å². The Labute approximate surface area is 87.3 Å². The van der Waals surface area contributed by atoms with Gasteiger partial charge in [0.05, 0.1) is 5.41 Å². The van der Waals surface area contributed by atoms with Crippen molar-refractivity contribution in [2.75, 3.05) is 13.1 Å². The van der Waals surface area contributed by atoms with Crippen LogP contribution in [0.3, 0.4) is 0 Å². The van der Waals surface area contributed by atoms with Gasteiger partial charge in [-0.15, -0.1) is 0 Å². The first-order valence-electron chi connectivity index (χ1n) is 4.75. The summed E-state index contributed by atoms with van der Waals surface area (Å²) in [4.78, 5) is 12.0. The minimum Gasteiger partial charge on any atom is -0.315 e. The third-order valence-corrected chi connectivity index (χ3v) is 3.48. The minimum atomic E-state index is -0.132. The van der Waals surface area contributed by atoms with Crippen LogP contribution in [0.4, 0.5) is 0 Å². The third kappa shape index (κ3) is 0.928. The molecule has 2 aliphatic rings. The standard InChI is InChI=1S/C11H10ClNO/c12-8-1-2-9-7(3-8)4-11(10(9)14)5-13-6-11/h1-3,13H,4-6H2. The lowest BCUT2D eigenvalue weighted by Gasteiger charge is -2.37. The summed E-state index contributed by atoms with van der Waals surface area (Å²) in [6.45, 7) is 1.64. The number of halogens is 1. The number of nitrogens with one attached hydrogen (secondary N) is 1. The van der Waals surface area contributed by atoms with Crippen LogP contribution < -0.4 is 5.32 Å². The van der Waals surface area contributed by atoms with Gasteiger partial charge in [0.2, 0.25) is 0 Å². The quantitative estimate of drug-likeness (QED) is 0.701. The van der Waals surface area contributed by atoms with E-state index in [1.807, 2.05) is 12.1 Å². The largest absolute Gasteiger partial charge is 0.315 e. The van der Waals surface area contributed by atoms with Crippen LogP contribution in [0.5, 0.6) is 0 Å². The zero-order chi connectivity index (χ0) is 9.76. The molecule has 0 bridgehead atoms. The van der Waals surface area contributed by atoms with Gasteiger partial charge in [0.15, 0.2) is 5.78 Å². The van der Waals surface area contributed by atoms with Gasteiger partial charge in [-0.2, -0.15) is 0 Å². The van der Waals surface area contributed by atoms with Gasteiger partial charge in [0.25, 0.3) is 0 Å². The summed E-state index contributed by atoms with van der Waals surface area (Å²) in [6, 6.07) is 5.57. The van der Waals surface area contributed by atoms with E-state index in [0.717, 1.165) is 35.7 Å². The van der Waals surface area contributed by atoms with Crippen LogP contribution in [0.25, 0.3) is 0 Å². The molecule has 0 aromatic heterocycles. The second kappa shape index (κ2) is 2.59. The fraction of sp³-hybridized carbons (Fsp3) is 0.364. The van der Waals surface area contributed by atoms with Crippen LogP contribution in [0.2, 0.25) is 5.02 Å². The maximum atomic E-state index is 12.0. The fourth-order valence-corrected chi connectivity index (χ4v) is 2.57. The summed E-state index contributed by atoms with van der Waals surface area (Å²) in [5.74, 6) is 0.294. The molecule has 0 saturated carbocycles. The number of hydrogen-bond acceptors (Lipinski definition) is 2. The van der Waals surface area contributed by atoms with Gasteiger partial charge in [-0.3, -0.25) is 4.79 Å². The van der Waals surface area contributed by atoms with E-state index in [0.29, 0.717) is 5.78 Å². The molecule has 3 rings (SSSR count). The molecule has 0 amide bonds. The lowest BCUT2D eigenvalue weighted by molar-refractivity contribution is 0.0718. The van der Waals surface area contributed by atoms with Crippen molar-refractivity contribution in [3.8, 4) is 0 Å². The maximum absolute atomic E-state index is 12.0. The lowest BCUT2D eigenvalue weighted by Crippen LogP contribution is -2.57. The minimum absolute atomic E-state index is 0.132. The van der Waals surface area contributed by atoms with Gasteiger partial charge in [-0.05, 0) is 30.2 Å². The molecule has 1 fully saturated rings. The van der Waals surface area contributed by atoms with Crippen LogP contribution in [0, 0.1) is 5.41 Å². The third-order valence-electron chi connectivity index (χ3n) is 3.25. The van der Waals surface area contributed by atoms with Gasteiger partial charge < -0.3 is 5.32 Å². The second-order valence-corrected chi connectivity index (χ2v) is 4.63. The van der Waals surface area contributed by atoms with Crippen molar-refractivity contribution in [1.29, 1.82) is 0 Å². The molecule has 14 heavy (non-hydrogen) atoms. The summed E-state index contributed by atoms with van der Waals surface area (Å²) < 4.78 is 0. The number of hydrogen-bond donors (Lipinski definition) is 1. The number of carbonyl (C=O) groups excluding carboxylic acids is 1. The van der Waals surface area contributed by atoms with E-state index in [1.54, 1.807) is 6.07 Å². The van der Waals surface area contributed by atoms with Crippen LogP contribution in [0.1, 0.15) is 15.9 Å². The number of rotatable bonds is 0. The zero-order valence-electron chi connectivity index (χ0n) is 7.64. The molecule has 0 atom stereocenters. The smallest absolute Gasteiger partial charge is 0.172 e. The maximum Gasteiger partial charge on any atom is 0.172 e. The highest BCUT2D eigenvalue weighted by Gasteiger charge is 2.49. The SMILES string of the molecule is O=C1c2ccc(Cl)cc2CC12CNC2. The Bertz CT molecular complexity index is 423. The molecule has 1 aromatic rings. The Morgan fingerprint density at radius 2 is 2.14 bits per heavy atom. The zero-order valence-corrected chi connectivity index (χ0v) is 8.40. The second-order valence-electron chi connectivity index (χ2n) is 4.19. The average molecular weight is 208 g/mol. The van der Waals surface area contributed by atoms with Crippen molar-refractivity contribution < 1.29 is 4.79 Å². The van der Waals surface area contributed by atoms with Crippen LogP contribution in [0.15, 0.2) is 18.2 Å². The summed E-state index contributed by atoms with van der Waals surface area (Å²) in [5, 5.41) is 3.89. The number of benzene rings is 1. The first-order valence-corrected chi connectivity index (χ1v) is 5.13. The van der Waals surface area contributed by atoms with Gasteiger partial charge in [-0.25, -0.2) is 0 Å². The molecule has 0 unspecified atom stereocenters. The first-order chi connectivity index (χ1) is 6.71. The highest BCUT2D eigenvalue weighted by Crippen LogP contribution is 2.40. The molecular formula is C11H10ClNO. The molecule has 1 aliphatic heterocycles. The molecule has 1 spiro atoms. The van der Waals surface area contributed by atoms with Crippen LogP contribution >= 0.6 is 11.6 Å². The highest BCUT2D eigenvalue weighted by molar-refractivity contribution is 6.30. The Morgan fingerprint density at radius 3 is 2.79 bits per heavy atom. The van der Waals surface area contributed by atoms with Crippen molar-refractivity contribution in [3.63, 3.8) is 0 Å². The highest BCUT2D eigenvalue weighted by atomic mass is 35.5. The molecule has 72 valence electrons. The normalized spacial score (nSPS) is 22.2. The number of fused-ring (bicyclic) bond motifs is 1. The Balaban J connectivity index is 2.10. The Hall–Kier alpha value is -0.860. The van der Waals surface area contributed by atoms with Gasteiger partial charge >= 0.3 is 0 Å². The number of ketones is 1. The average Bonchev–Trinajstić information content (AvgIpc) is 2.38. The van der Waals surface area contributed by atoms with Crippen LogP contribution in [-0.4, -0.2) is 18.9 Å². The molecule has 0 radical (unpaired) electrons. The Morgan fingerprint density at radius 1 is 1.36 bits per heavy atom. The van der Waals surface area contributed by atoms with E-state index in [2.05, 4.69) is 5.32 Å². The molecule has 1 aromatic carbocycles. The van der Waals surface area contributed by atoms with E-state index in [1.165, 1.54) is 0 Å². The van der Waals surface area contributed by atoms with Gasteiger partial charge in [0, 0.05) is 23.7 Å². The van der Waals surface area contributed by atoms with Crippen molar-refractivity contribution >= 4 is 17.4 Å². The van der Waals surface area contributed by atoms with E-state index in [4.69, 9.17) is 11.6 Å². The van der Waals surface area contributed by atoms with Crippen molar-refractivity contribution in [3.05, 3.63) is 34.3 Å². The predicted molar refractivity (Wildman–Crippen MR) is 54.8 cm³/mol. The summed E-state index contributed by atoms with van der Waals surface area (Å²) in [6.07, 6.45) is 0.856. The van der Waals surface area contributed by atoms with Gasteiger partial charge in [0.1, 0.15) is 0 Å². The first kappa shape index (κ1) is 8.45. The summed E-state index contributed by atoms with van der Waals surface area (Å²) in [5.41, 5.74) is 1.85. The monoisotopic (exact) mass is 207 g/mol. The molecule has 1 saturated heterocycles. The topological polar surface area (TPSA) is 29.1 Å². The van der Waals surface area contributed by atoms with Crippen molar-refractivity contribution in [1.82, 2.24) is 5.32 Å². The van der Waals surface area contributed by atoms with E-state index >= 15 is 0 Å². The number of carbonyl (C=O) groups is 1. The van der Waals surface area contributed by atoms with Gasteiger partial charge in [-0.1, -0.05) is 11.6 Å². The molecule has 2 nitrogen and oxygen atoms in total. The van der Waals surface area contributed by atoms with E-state index in [-0.39, 0.29) is 5.41 Å². The molecule has 1 heterocycles. The van der Waals surface area contributed by atoms with E-state index < -0.39 is 0 Å². The Kier molecular flexibility index (Phi) is 1.56. The summed E-state index contributed by atoms with van der Waals surface area (Å²) in [7, 11) is 0. The molecule has 1 N–H and O–H groups in total. The number of Topliss-reactive ketones (excluding diaryl/α,β-unsaturated/α-hetero) is 1. The molecular weight excluding hydrogens is 198 g/mol. The van der Waals surface area contributed by atoms with Crippen molar-refractivity contribution in [2.45, 2.75) is 6.42 Å². The molecule has 1 aliphatic carbocycles. The van der Waals surface area contributed by atoms with E-state index in [9.17, 15) is 4.79 Å². The predicted octanol–water partition coefficient (Wildman–Crippen LogP) is 1.67. The fourth-order valence-electron chi connectivity index (χ4n) is 2.37. The molecule has 3 heteroatoms.